The molecule has 4 rings (SSSR count). The van der Waals surface area contributed by atoms with E-state index in [0.29, 0.717) is 34.0 Å². The number of pyridine rings is 1. The molecule has 0 saturated heterocycles. The summed E-state index contributed by atoms with van der Waals surface area (Å²) in [6.07, 6.45) is 0. The van der Waals surface area contributed by atoms with E-state index in [1.54, 1.807) is 26.0 Å². The number of furan rings is 1. The Bertz CT molecular complexity index is 1250. The number of fused-ring (bicyclic) bond motifs is 1. The zero-order chi connectivity index (χ0) is 21.4. The Hall–Kier alpha value is -3.75. The summed E-state index contributed by atoms with van der Waals surface area (Å²) >= 11 is 0. The lowest BCUT2D eigenvalue weighted by Gasteiger charge is -2.10. The lowest BCUT2D eigenvalue weighted by molar-refractivity contribution is -0.0498. The van der Waals surface area contributed by atoms with Crippen molar-refractivity contribution in [3.05, 3.63) is 59.2 Å². The summed E-state index contributed by atoms with van der Waals surface area (Å²) in [7, 11) is 0. The van der Waals surface area contributed by atoms with Crippen molar-refractivity contribution in [3.63, 3.8) is 0 Å². The third-order valence-electron chi connectivity index (χ3n) is 4.50. The van der Waals surface area contributed by atoms with Gasteiger partial charge in [0.2, 0.25) is 0 Å². The normalized spacial score (nSPS) is 11.3. The van der Waals surface area contributed by atoms with Gasteiger partial charge in [0.1, 0.15) is 17.3 Å². The van der Waals surface area contributed by atoms with E-state index in [-0.39, 0.29) is 17.0 Å². The van der Waals surface area contributed by atoms with E-state index in [2.05, 4.69) is 20.2 Å². The second kappa shape index (κ2) is 7.58. The number of benzene rings is 1. The van der Waals surface area contributed by atoms with E-state index >= 15 is 0 Å². The summed E-state index contributed by atoms with van der Waals surface area (Å²) < 4.78 is 40.2. The quantitative estimate of drug-likeness (QED) is 0.480. The molecule has 9 heteroatoms. The van der Waals surface area contributed by atoms with Crippen LogP contribution in [0.25, 0.3) is 22.4 Å². The highest BCUT2D eigenvalue weighted by Crippen LogP contribution is 2.31. The number of amides is 1. The molecule has 154 valence electrons. The number of anilines is 1. The Morgan fingerprint density at radius 3 is 2.67 bits per heavy atom. The Morgan fingerprint density at radius 2 is 1.97 bits per heavy atom. The van der Waals surface area contributed by atoms with Crippen LogP contribution in [0.2, 0.25) is 0 Å². The lowest BCUT2D eigenvalue weighted by Crippen LogP contribution is -2.13. The highest BCUT2D eigenvalue weighted by Gasteiger charge is 2.21. The van der Waals surface area contributed by atoms with Gasteiger partial charge in [0.25, 0.3) is 11.6 Å². The number of alkyl halides is 2. The first-order valence-electron chi connectivity index (χ1n) is 9.02. The standard InChI is InChI=1S/C21H17F2N3O4/c1-10-7-15(12(3)28-10)17-9-16(18-11(2)26-30-20(18)25-17)19(27)24-13-5-4-6-14(8-13)29-21(22)23/h4-9,21H,1-3H3,(H,24,27). The van der Waals surface area contributed by atoms with E-state index in [9.17, 15) is 13.6 Å². The molecule has 1 aromatic carbocycles. The summed E-state index contributed by atoms with van der Waals surface area (Å²) in [6.45, 7) is 2.36. The van der Waals surface area contributed by atoms with E-state index in [1.165, 1.54) is 18.2 Å². The van der Waals surface area contributed by atoms with Crippen molar-refractivity contribution in [1.29, 1.82) is 0 Å². The molecule has 0 fully saturated rings. The minimum absolute atomic E-state index is 0.0611. The highest BCUT2D eigenvalue weighted by molar-refractivity contribution is 6.13. The monoisotopic (exact) mass is 413 g/mol. The van der Waals surface area contributed by atoms with Gasteiger partial charge in [-0.15, -0.1) is 0 Å². The first-order chi connectivity index (χ1) is 14.3. The maximum atomic E-state index is 13.1. The number of aromatic nitrogens is 2. The largest absolute Gasteiger partial charge is 0.466 e. The third-order valence-corrected chi connectivity index (χ3v) is 4.50. The molecule has 0 spiro atoms. The maximum Gasteiger partial charge on any atom is 0.387 e. The van der Waals surface area contributed by atoms with Crippen LogP contribution in [0.15, 0.2) is 45.3 Å². The number of hydrogen-bond acceptors (Lipinski definition) is 6. The molecule has 0 aliphatic rings. The molecule has 1 amide bonds. The second-order valence-electron chi connectivity index (χ2n) is 6.69. The van der Waals surface area contributed by atoms with Gasteiger partial charge in [-0.3, -0.25) is 4.79 Å². The van der Waals surface area contributed by atoms with Crippen molar-refractivity contribution >= 4 is 22.7 Å². The van der Waals surface area contributed by atoms with Gasteiger partial charge in [0.05, 0.1) is 22.3 Å². The molecule has 0 saturated carbocycles. The zero-order valence-corrected chi connectivity index (χ0v) is 16.3. The molecule has 30 heavy (non-hydrogen) atoms. The summed E-state index contributed by atoms with van der Waals surface area (Å²) in [5.41, 5.74) is 2.52. The van der Waals surface area contributed by atoms with Crippen LogP contribution in [0.1, 0.15) is 27.6 Å². The molecule has 0 bridgehead atoms. The Morgan fingerprint density at radius 1 is 1.17 bits per heavy atom. The van der Waals surface area contributed by atoms with Crippen molar-refractivity contribution in [3.8, 4) is 17.0 Å². The molecule has 0 radical (unpaired) electrons. The van der Waals surface area contributed by atoms with Gasteiger partial charge in [-0.2, -0.15) is 8.78 Å². The summed E-state index contributed by atoms with van der Waals surface area (Å²) in [5, 5.41) is 7.07. The molecule has 3 aromatic heterocycles. The van der Waals surface area contributed by atoms with Crippen LogP contribution in [-0.4, -0.2) is 22.7 Å². The number of nitrogens with one attached hydrogen (secondary N) is 1. The van der Waals surface area contributed by atoms with Crippen molar-refractivity contribution < 1.29 is 27.3 Å². The fourth-order valence-corrected chi connectivity index (χ4v) is 3.25. The maximum absolute atomic E-state index is 13.1. The Balaban J connectivity index is 1.75. The van der Waals surface area contributed by atoms with E-state index < -0.39 is 12.5 Å². The molecule has 1 N–H and O–H groups in total. The Kier molecular flexibility index (Phi) is 4.94. The van der Waals surface area contributed by atoms with Gasteiger partial charge < -0.3 is 19.0 Å². The fraction of sp³-hybridized carbons (Fsp3) is 0.190. The SMILES string of the molecule is Cc1cc(-c2cc(C(=O)Nc3cccc(OC(F)F)c3)c3c(C)noc3n2)c(C)o1. The van der Waals surface area contributed by atoms with Crippen molar-refractivity contribution in [2.24, 2.45) is 0 Å². The van der Waals surface area contributed by atoms with Crippen LogP contribution < -0.4 is 10.1 Å². The number of ether oxygens (including phenoxy) is 1. The van der Waals surface area contributed by atoms with Crippen molar-refractivity contribution in [2.75, 3.05) is 5.32 Å². The Labute approximate surface area is 169 Å². The number of hydrogen-bond donors (Lipinski definition) is 1. The topological polar surface area (TPSA) is 90.4 Å². The summed E-state index contributed by atoms with van der Waals surface area (Å²) in [6, 6.07) is 9.20. The molecule has 7 nitrogen and oxygen atoms in total. The number of aryl methyl sites for hydroxylation is 3. The second-order valence-corrected chi connectivity index (χ2v) is 6.69. The number of carbonyl (C=O) groups is 1. The van der Waals surface area contributed by atoms with Crippen molar-refractivity contribution in [1.82, 2.24) is 10.1 Å². The summed E-state index contributed by atoms with van der Waals surface area (Å²) in [5.74, 6) is 0.829. The first kappa shape index (κ1) is 19.6. The van der Waals surface area contributed by atoms with E-state index in [4.69, 9.17) is 8.94 Å². The molecule has 3 heterocycles. The van der Waals surface area contributed by atoms with Gasteiger partial charge in [-0.05, 0) is 45.0 Å². The van der Waals surface area contributed by atoms with Crippen LogP contribution in [0.4, 0.5) is 14.5 Å². The molecular formula is C21H17F2N3O4. The number of rotatable bonds is 5. The summed E-state index contributed by atoms with van der Waals surface area (Å²) in [4.78, 5) is 17.5. The average Bonchev–Trinajstić information content (AvgIpc) is 3.22. The van der Waals surface area contributed by atoms with Crippen LogP contribution in [-0.2, 0) is 0 Å². The lowest BCUT2D eigenvalue weighted by atomic mass is 10.1. The van der Waals surface area contributed by atoms with Gasteiger partial charge >= 0.3 is 6.61 Å². The van der Waals surface area contributed by atoms with Crippen LogP contribution in [0.5, 0.6) is 5.75 Å². The van der Waals surface area contributed by atoms with Gasteiger partial charge in [-0.25, -0.2) is 4.98 Å². The fourth-order valence-electron chi connectivity index (χ4n) is 3.25. The predicted molar refractivity (Wildman–Crippen MR) is 105 cm³/mol. The molecule has 0 unspecified atom stereocenters. The number of nitrogens with zero attached hydrogens (tertiary/aromatic N) is 2. The van der Waals surface area contributed by atoms with Gasteiger partial charge in [-0.1, -0.05) is 11.2 Å². The van der Waals surface area contributed by atoms with Crippen LogP contribution >= 0.6 is 0 Å². The average molecular weight is 413 g/mol. The number of halogens is 2. The third kappa shape index (κ3) is 3.73. The first-order valence-corrected chi connectivity index (χ1v) is 9.02. The van der Waals surface area contributed by atoms with Crippen molar-refractivity contribution in [2.45, 2.75) is 27.4 Å². The minimum atomic E-state index is -2.96. The van der Waals surface area contributed by atoms with Crippen LogP contribution in [0.3, 0.4) is 0 Å². The highest BCUT2D eigenvalue weighted by atomic mass is 19.3. The molecular weight excluding hydrogens is 396 g/mol. The molecule has 0 atom stereocenters. The zero-order valence-electron chi connectivity index (χ0n) is 16.3. The predicted octanol–water partition coefficient (Wildman–Crippen LogP) is 5.26. The smallest absolute Gasteiger partial charge is 0.387 e. The molecule has 4 aromatic rings. The van der Waals surface area contributed by atoms with E-state index in [1.807, 2.05) is 13.0 Å². The molecule has 0 aliphatic carbocycles. The van der Waals surface area contributed by atoms with Gasteiger partial charge in [0.15, 0.2) is 0 Å². The van der Waals surface area contributed by atoms with Crippen LogP contribution in [0, 0.1) is 20.8 Å². The number of carbonyl (C=O) groups excluding carboxylic acids is 1. The molecule has 0 aliphatic heterocycles. The van der Waals surface area contributed by atoms with E-state index in [0.717, 1.165) is 5.56 Å². The van der Waals surface area contributed by atoms with Gasteiger partial charge in [0, 0.05) is 17.3 Å². The minimum Gasteiger partial charge on any atom is -0.466 e.